The normalized spacial score (nSPS) is 11.1. The van der Waals surface area contributed by atoms with Crippen molar-refractivity contribution in [2.24, 2.45) is 0 Å². The van der Waals surface area contributed by atoms with Gasteiger partial charge in [0.25, 0.3) is 5.56 Å². The van der Waals surface area contributed by atoms with Crippen molar-refractivity contribution in [1.29, 1.82) is 0 Å². The number of aromatic nitrogens is 2. The maximum Gasteiger partial charge on any atom is 0.323 e. The van der Waals surface area contributed by atoms with Gasteiger partial charge in [0.15, 0.2) is 0 Å². The van der Waals surface area contributed by atoms with E-state index in [2.05, 4.69) is 4.98 Å². The second-order valence-corrected chi connectivity index (χ2v) is 5.73. The second-order valence-electron chi connectivity index (χ2n) is 4.87. The Kier molecular flexibility index (Phi) is 3.81. The predicted octanol–water partition coefficient (Wildman–Crippen LogP) is 2.76. The summed E-state index contributed by atoms with van der Waals surface area (Å²) in [4.78, 5) is 28.9. The van der Waals surface area contributed by atoms with Crippen LogP contribution in [0.25, 0.3) is 21.5 Å². The number of nitrogens with zero attached hydrogens (tertiary/aromatic N) is 2. The number of furan rings is 1. The van der Waals surface area contributed by atoms with Crippen LogP contribution in [0.5, 0.6) is 0 Å². The zero-order valence-electron chi connectivity index (χ0n) is 11.9. The van der Waals surface area contributed by atoms with Crippen LogP contribution in [0, 0.1) is 0 Å². The average molecular weight is 318 g/mol. The molecule has 3 heterocycles. The van der Waals surface area contributed by atoms with E-state index in [0.717, 1.165) is 6.42 Å². The van der Waals surface area contributed by atoms with Crippen molar-refractivity contribution in [2.45, 2.75) is 26.3 Å². The van der Waals surface area contributed by atoms with Gasteiger partial charge in [-0.1, -0.05) is 6.92 Å². The van der Waals surface area contributed by atoms with Crippen molar-refractivity contribution in [3.05, 3.63) is 40.0 Å². The van der Waals surface area contributed by atoms with E-state index in [1.54, 1.807) is 12.1 Å². The van der Waals surface area contributed by atoms with Crippen LogP contribution in [0.4, 0.5) is 0 Å². The van der Waals surface area contributed by atoms with Crippen LogP contribution < -0.4 is 5.56 Å². The van der Waals surface area contributed by atoms with Crippen LogP contribution >= 0.6 is 11.3 Å². The molecule has 7 heteroatoms. The molecule has 0 saturated carbocycles. The minimum absolute atomic E-state index is 0.330. The largest absolute Gasteiger partial charge is 0.480 e. The molecule has 0 aliphatic heterocycles. The average Bonchev–Trinajstić information content (AvgIpc) is 3.11. The summed E-state index contributed by atoms with van der Waals surface area (Å²) in [5.41, 5.74) is 0.327. The monoisotopic (exact) mass is 318 g/mol. The summed E-state index contributed by atoms with van der Waals surface area (Å²) < 4.78 is 6.60. The van der Waals surface area contributed by atoms with E-state index in [1.165, 1.54) is 22.2 Å². The van der Waals surface area contributed by atoms with Crippen molar-refractivity contribution < 1.29 is 14.3 Å². The molecule has 1 N–H and O–H groups in total. The molecule has 0 bridgehead atoms. The lowest BCUT2D eigenvalue weighted by Crippen LogP contribution is -2.28. The molecule has 22 heavy (non-hydrogen) atoms. The zero-order valence-corrected chi connectivity index (χ0v) is 12.7. The van der Waals surface area contributed by atoms with E-state index in [0.29, 0.717) is 33.8 Å². The molecule has 0 unspecified atom stereocenters. The van der Waals surface area contributed by atoms with Gasteiger partial charge >= 0.3 is 5.97 Å². The van der Waals surface area contributed by atoms with Crippen molar-refractivity contribution in [3.63, 3.8) is 0 Å². The van der Waals surface area contributed by atoms with E-state index in [1.807, 2.05) is 12.3 Å². The molecule has 0 fully saturated rings. The first-order valence-corrected chi connectivity index (χ1v) is 7.76. The third kappa shape index (κ3) is 2.43. The zero-order chi connectivity index (χ0) is 15.7. The lowest BCUT2D eigenvalue weighted by molar-refractivity contribution is -0.137. The van der Waals surface area contributed by atoms with E-state index in [4.69, 9.17) is 9.52 Å². The number of carboxylic acids is 1. The van der Waals surface area contributed by atoms with Gasteiger partial charge in [0, 0.05) is 17.4 Å². The third-order valence-corrected chi connectivity index (χ3v) is 4.20. The first-order valence-electron chi connectivity index (χ1n) is 6.88. The highest BCUT2D eigenvalue weighted by Crippen LogP contribution is 2.31. The fourth-order valence-electron chi connectivity index (χ4n) is 2.39. The molecule has 0 atom stereocenters. The van der Waals surface area contributed by atoms with Gasteiger partial charge in [0.2, 0.25) is 0 Å². The van der Waals surface area contributed by atoms with Crippen LogP contribution in [-0.2, 0) is 17.8 Å². The molecule has 0 amide bonds. The molecule has 3 rings (SSSR count). The number of aryl methyl sites for hydroxylation is 1. The van der Waals surface area contributed by atoms with Crippen LogP contribution in [-0.4, -0.2) is 20.6 Å². The van der Waals surface area contributed by atoms with Gasteiger partial charge < -0.3 is 9.52 Å². The van der Waals surface area contributed by atoms with Crippen molar-refractivity contribution in [2.75, 3.05) is 0 Å². The fourth-order valence-corrected chi connectivity index (χ4v) is 3.33. The quantitative estimate of drug-likeness (QED) is 0.782. The van der Waals surface area contributed by atoms with E-state index in [-0.39, 0.29) is 12.1 Å². The number of rotatable bonds is 5. The molecule has 6 nitrogen and oxygen atoms in total. The van der Waals surface area contributed by atoms with Crippen LogP contribution in [0.15, 0.2) is 33.0 Å². The molecule has 3 aromatic heterocycles. The van der Waals surface area contributed by atoms with Crippen LogP contribution in [0.1, 0.15) is 19.2 Å². The van der Waals surface area contributed by atoms with Gasteiger partial charge in [-0.25, -0.2) is 4.98 Å². The Morgan fingerprint density at radius 3 is 2.95 bits per heavy atom. The molecule has 0 radical (unpaired) electrons. The minimum Gasteiger partial charge on any atom is -0.480 e. The Morgan fingerprint density at radius 1 is 1.50 bits per heavy atom. The Balaban J connectivity index is 2.28. The van der Waals surface area contributed by atoms with E-state index >= 15 is 0 Å². The summed E-state index contributed by atoms with van der Waals surface area (Å²) in [5, 5.41) is 11.3. The molecule has 0 aliphatic carbocycles. The van der Waals surface area contributed by atoms with Gasteiger partial charge in [-0.3, -0.25) is 14.2 Å². The number of thiophene rings is 1. The Labute approximate surface area is 129 Å². The maximum atomic E-state index is 12.8. The SMILES string of the molecule is CCCc1nc2scc(-c3ccco3)c2c(=O)n1CC(=O)O. The molecule has 0 aromatic carbocycles. The van der Waals surface area contributed by atoms with Crippen molar-refractivity contribution >= 4 is 27.5 Å². The molecule has 114 valence electrons. The summed E-state index contributed by atoms with van der Waals surface area (Å²) in [7, 11) is 0. The highest BCUT2D eigenvalue weighted by molar-refractivity contribution is 7.17. The smallest absolute Gasteiger partial charge is 0.323 e. The van der Waals surface area contributed by atoms with Gasteiger partial charge in [-0.2, -0.15) is 0 Å². The van der Waals surface area contributed by atoms with E-state index in [9.17, 15) is 9.59 Å². The molecular formula is C15H14N2O4S. The Bertz CT molecular complexity index is 877. The van der Waals surface area contributed by atoms with Crippen LogP contribution in [0.2, 0.25) is 0 Å². The maximum absolute atomic E-state index is 12.8. The van der Waals surface area contributed by atoms with Crippen molar-refractivity contribution in [3.8, 4) is 11.3 Å². The summed E-state index contributed by atoms with van der Waals surface area (Å²) in [6.07, 6.45) is 2.88. The van der Waals surface area contributed by atoms with Gasteiger partial charge in [-0.05, 0) is 18.6 Å². The minimum atomic E-state index is -1.06. The predicted molar refractivity (Wildman–Crippen MR) is 83.2 cm³/mol. The van der Waals surface area contributed by atoms with Gasteiger partial charge in [0.1, 0.15) is 23.0 Å². The highest BCUT2D eigenvalue weighted by Gasteiger charge is 2.19. The molecular weight excluding hydrogens is 304 g/mol. The summed E-state index contributed by atoms with van der Waals surface area (Å²) in [6, 6.07) is 3.51. The number of hydrogen-bond acceptors (Lipinski definition) is 5. The van der Waals surface area contributed by atoms with E-state index < -0.39 is 5.97 Å². The standard InChI is InChI=1S/C15H14N2O4S/c1-2-4-11-16-14-13(15(20)17(11)7-12(18)19)9(8-22-14)10-5-3-6-21-10/h3,5-6,8H,2,4,7H2,1H3,(H,18,19). The lowest BCUT2D eigenvalue weighted by atomic mass is 10.2. The van der Waals surface area contributed by atoms with Gasteiger partial charge in [0.05, 0.1) is 11.6 Å². The summed E-state index contributed by atoms with van der Waals surface area (Å²) in [5.74, 6) is 0.0286. The van der Waals surface area contributed by atoms with Crippen molar-refractivity contribution in [1.82, 2.24) is 9.55 Å². The number of fused-ring (bicyclic) bond motifs is 1. The summed E-state index contributed by atoms with van der Waals surface area (Å²) in [6.45, 7) is 1.58. The highest BCUT2D eigenvalue weighted by atomic mass is 32.1. The number of carboxylic acid groups (broad SMARTS) is 1. The molecule has 0 aliphatic rings. The third-order valence-electron chi connectivity index (χ3n) is 3.33. The Morgan fingerprint density at radius 2 is 2.32 bits per heavy atom. The topological polar surface area (TPSA) is 85.3 Å². The number of carbonyl (C=O) groups is 1. The van der Waals surface area contributed by atoms with Gasteiger partial charge in [-0.15, -0.1) is 11.3 Å². The molecule has 3 aromatic rings. The summed E-state index contributed by atoms with van der Waals surface area (Å²) >= 11 is 1.36. The second kappa shape index (κ2) is 5.76. The lowest BCUT2D eigenvalue weighted by Gasteiger charge is -2.09. The molecule has 0 spiro atoms. The Hall–Kier alpha value is -2.41. The number of hydrogen-bond donors (Lipinski definition) is 1. The molecule has 0 saturated heterocycles. The first-order chi connectivity index (χ1) is 10.6. The number of aliphatic carboxylic acids is 1. The van der Waals surface area contributed by atoms with Crippen LogP contribution in [0.3, 0.4) is 0 Å². The fraction of sp³-hybridized carbons (Fsp3) is 0.267. The first kappa shape index (κ1) is 14.5.